The summed E-state index contributed by atoms with van der Waals surface area (Å²) in [5.41, 5.74) is 0. The van der Waals surface area contributed by atoms with Gasteiger partial charge in [-0.1, -0.05) is 13.8 Å². The number of esters is 1. The van der Waals surface area contributed by atoms with Gasteiger partial charge in [-0.05, 0) is 19.4 Å². The fourth-order valence-corrected chi connectivity index (χ4v) is 1.30. The largest absolute Gasteiger partial charge is 0.468 e. The zero-order valence-electron chi connectivity index (χ0n) is 10.4. The first-order chi connectivity index (χ1) is 7.63. The summed E-state index contributed by atoms with van der Waals surface area (Å²) in [4.78, 5) is 24.3. The number of carbonyl (C=O) groups is 2. The van der Waals surface area contributed by atoms with E-state index in [0.717, 1.165) is 12.8 Å². The summed E-state index contributed by atoms with van der Waals surface area (Å²) in [7, 11) is 1.35. The minimum atomic E-state index is -0.309. The molecule has 0 aromatic carbocycles. The average Bonchev–Trinajstić information content (AvgIpc) is 2.26. The molecule has 0 atom stereocenters. The molecule has 94 valence electrons. The summed E-state index contributed by atoms with van der Waals surface area (Å²) in [6.07, 6.45) is 1.81. The van der Waals surface area contributed by atoms with Gasteiger partial charge in [-0.25, -0.2) is 0 Å². The molecule has 0 rings (SSSR count). The quantitative estimate of drug-likeness (QED) is 0.613. The van der Waals surface area contributed by atoms with Crippen LogP contribution in [0.25, 0.3) is 0 Å². The second-order valence-electron chi connectivity index (χ2n) is 3.64. The Balaban J connectivity index is 4.00. The lowest BCUT2D eigenvalue weighted by Crippen LogP contribution is -2.40. The number of methoxy groups -OCH3 is 1. The Labute approximate surface area is 97.1 Å². The molecule has 0 fully saturated rings. The highest BCUT2D eigenvalue weighted by atomic mass is 16.5. The van der Waals surface area contributed by atoms with E-state index in [1.807, 2.05) is 13.8 Å². The van der Waals surface area contributed by atoms with Crippen molar-refractivity contribution in [3.8, 4) is 0 Å². The van der Waals surface area contributed by atoms with E-state index in [1.54, 1.807) is 4.90 Å². The van der Waals surface area contributed by atoms with E-state index in [1.165, 1.54) is 7.11 Å². The lowest BCUT2D eigenvalue weighted by Gasteiger charge is -2.19. The van der Waals surface area contributed by atoms with Crippen LogP contribution in [0.3, 0.4) is 0 Å². The number of ether oxygens (including phenoxy) is 1. The molecule has 0 aromatic rings. The van der Waals surface area contributed by atoms with Crippen LogP contribution in [0.1, 0.15) is 26.7 Å². The standard InChI is InChI=1S/C11H22N2O3/c1-4-6-12-10(14)8-13(7-5-2)9-11(15)16-3/h4-9H2,1-3H3,(H,12,14). The van der Waals surface area contributed by atoms with Gasteiger partial charge in [-0.15, -0.1) is 0 Å². The van der Waals surface area contributed by atoms with Crippen molar-refractivity contribution in [2.75, 3.05) is 33.3 Å². The van der Waals surface area contributed by atoms with Crippen molar-refractivity contribution in [2.45, 2.75) is 26.7 Å². The molecule has 0 aliphatic rings. The molecule has 0 aliphatic carbocycles. The third-order valence-corrected chi connectivity index (χ3v) is 2.06. The SMILES string of the molecule is CCCNC(=O)CN(CCC)CC(=O)OC. The van der Waals surface area contributed by atoms with Crippen LogP contribution < -0.4 is 5.32 Å². The highest BCUT2D eigenvalue weighted by Gasteiger charge is 2.13. The minimum absolute atomic E-state index is 0.0424. The highest BCUT2D eigenvalue weighted by molar-refractivity contribution is 5.79. The fraction of sp³-hybridized carbons (Fsp3) is 0.818. The first-order valence-electron chi connectivity index (χ1n) is 5.69. The van der Waals surface area contributed by atoms with Crippen molar-refractivity contribution >= 4 is 11.9 Å². The lowest BCUT2D eigenvalue weighted by molar-refractivity contribution is -0.142. The zero-order valence-corrected chi connectivity index (χ0v) is 10.4. The molecular weight excluding hydrogens is 208 g/mol. The summed E-state index contributed by atoms with van der Waals surface area (Å²) in [6.45, 7) is 5.82. The lowest BCUT2D eigenvalue weighted by atomic mass is 10.3. The molecule has 0 saturated heterocycles. The maximum absolute atomic E-state index is 11.5. The molecule has 16 heavy (non-hydrogen) atoms. The molecule has 5 heteroatoms. The molecule has 0 aromatic heterocycles. The van der Waals surface area contributed by atoms with Gasteiger partial charge in [-0.2, -0.15) is 0 Å². The van der Waals surface area contributed by atoms with Crippen molar-refractivity contribution in [1.82, 2.24) is 10.2 Å². The normalized spacial score (nSPS) is 10.2. The van der Waals surface area contributed by atoms with E-state index in [-0.39, 0.29) is 25.0 Å². The van der Waals surface area contributed by atoms with Crippen LogP contribution in [0, 0.1) is 0 Å². The number of nitrogens with zero attached hydrogens (tertiary/aromatic N) is 1. The number of amides is 1. The maximum Gasteiger partial charge on any atom is 0.319 e. The van der Waals surface area contributed by atoms with E-state index < -0.39 is 0 Å². The van der Waals surface area contributed by atoms with Gasteiger partial charge in [0.1, 0.15) is 0 Å². The number of hydrogen-bond acceptors (Lipinski definition) is 4. The van der Waals surface area contributed by atoms with Gasteiger partial charge in [0.2, 0.25) is 5.91 Å². The fourth-order valence-electron chi connectivity index (χ4n) is 1.30. The van der Waals surface area contributed by atoms with Gasteiger partial charge in [0.05, 0.1) is 20.2 Å². The summed E-state index contributed by atoms with van der Waals surface area (Å²) in [5, 5.41) is 2.78. The number of nitrogens with one attached hydrogen (secondary N) is 1. The van der Waals surface area contributed by atoms with E-state index >= 15 is 0 Å². The summed E-state index contributed by atoms with van der Waals surface area (Å²) in [6, 6.07) is 0. The van der Waals surface area contributed by atoms with Gasteiger partial charge in [-0.3, -0.25) is 14.5 Å². The van der Waals surface area contributed by atoms with Crippen molar-refractivity contribution < 1.29 is 14.3 Å². The predicted octanol–water partition coefficient (Wildman–Crippen LogP) is 0.398. The average molecular weight is 230 g/mol. The Morgan fingerprint density at radius 1 is 1.19 bits per heavy atom. The Morgan fingerprint density at radius 2 is 1.88 bits per heavy atom. The zero-order chi connectivity index (χ0) is 12.4. The Kier molecular flexibility index (Phi) is 8.52. The summed E-state index contributed by atoms with van der Waals surface area (Å²) < 4.78 is 4.58. The van der Waals surface area contributed by atoms with Gasteiger partial charge in [0, 0.05) is 6.54 Å². The first-order valence-corrected chi connectivity index (χ1v) is 5.69. The highest BCUT2D eigenvalue weighted by Crippen LogP contribution is 1.92. The molecule has 1 amide bonds. The summed E-state index contributed by atoms with van der Waals surface area (Å²) in [5.74, 6) is -0.351. The predicted molar refractivity (Wildman–Crippen MR) is 62.0 cm³/mol. The molecule has 0 heterocycles. The van der Waals surface area contributed by atoms with E-state index in [0.29, 0.717) is 13.1 Å². The maximum atomic E-state index is 11.5. The Hall–Kier alpha value is -1.10. The van der Waals surface area contributed by atoms with Crippen LogP contribution in [0.15, 0.2) is 0 Å². The van der Waals surface area contributed by atoms with Crippen molar-refractivity contribution in [3.63, 3.8) is 0 Å². The van der Waals surface area contributed by atoms with Gasteiger partial charge >= 0.3 is 5.97 Å². The first kappa shape index (κ1) is 14.9. The number of hydrogen-bond donors (Lipinski definition) is 1. The third-order valence-electron chi connectivity index (χ3n) is 2.06. The minimum Gasteiger partial charge on any atom is -0.468 e. The van der Waals surface area contributed by atoms with Gasteiger partial charge in [0.25, 0.3) is 0 Å². The second-order valence-corrected chi connectivity index (χ2v) is 3.64. The monoisotopic (exact) mass is 230 g/mol. The van der Waals surface area contributed by atoms with E-state index in [4.69, 9.17) is 0 Å². The molecule has 0 bridgehead atoms. The molecule has 0 radical (unpaired) electrons. The Morgan fingerprint density at radius 3 is 2.38 bits per heavy atom. The van der Waals surface area contributed by atoms with Crippen LogP contribution in [-0.2, 0) is 14.3 Å². The van der Waals surface area contributed by atoms with Crippen LogP contribution in [-0.4, -0.2) is 50.1 Å². The summed E-state index contributed by atoms with van der Waals surface area (Å²) >= 11 is 0. The van der Waals surface area contributed by atoms with Crippen LogP contribution in [0.2, 0.25) is 0 Å². The van der Waals surface area contributed by atoms with E-state index in [9.17, 15) is 9.59 Å². The molecule has 0 saturated carbocycles. The molecular formula is C11H22N2O3. The van der Waals surface area contributed by atoms with Crippen molar-refractivity contribution in [1.29, 1.82) is 0 Å². The third kappa shape index (κ3) is 7.23. The van der Waals surface area contributed by atoms with Crippen molar-refractivity contribution in [2.24, 2.45) is 0 Å². The van der Waals surface area contributed by atoms with Crippen LogP contribution in [0.4, 0.5) is 0 Å². The molecule has 1 N–H and O–H groups in total. The molecule has 0 spiro atoms. The van der Waals surface area contributed by atoms with Gasteiger partial charge in [0.15, 0.2) is 0 Å². The van der Waals surface area contributed by atoms with E-state index in [2.05, 4.69) is 10.1 Å². The smallest absolute Gasteiger partial charge is 0.319 e. The topological polar surface area (TPSA) is 58.6 Å². The number of carbonyl (C=O) groups excluding carboxylic acids is 2. The second kappa shape index (κ2) is 9.15. The van der Waals surface area contributed by atoms with Gasteiger partial charge < -0.3 is 10.1 Å². The molecule has 0 aliphatic heterocycles. The number of rotatable bonds is 8. The molecule has 0 unspecified atom stereocenters. The Bertz CT molecular complexity index is 219. The van der Waals surface area contributed by atoms with Crippen molar-refractivity contribution in [3.05, 3.63) is 0 Å². The van der Waals surface area contributed by atoms with Crippen LogP contribution in [0.5, 0.6) is 0 Å². The van der Waals surface area contributed by atoms with Crippen LogP contribution >= 0.6 is 0 Å². The molecule has 5 nitrogen and oxygen atoms in total.